The number of aliphatic imine (C=N–C) groups is 1. The number of aliphatic carboxylic acids is 1. The SMILES string of the molecule is CC(C)[C@](N)(CSCCN=C(N)N)C(=O)O.Cl.Cl. The number of rotatable bonds is 7. The Hall–Kier alpha value is -0.370. The van der Waals surface area contributed by atoms with Crippen molar-refractivity contribution in [3.8, 4) is 0 Å². The van der Waals surface area contributed by atoms with E-state index in [0.717, 1.165) is 0 Å². The molecule has 0 heterocycles. The van der Waals surface area contributed by atoms with Crippen LogP contribution in [-0.2, 0) is 4.79 Å². The van der Waals surface area contributed by atoms with Gasteiger partial charge in [0.25, 0.3) is 0 Å². The van der Waals surface area contributed by atoms with Crippen molar-refractivity contribution in [1.29, 1.82) is 0 Å². The van der Waals surface area contributed by atoms with Crippen LogP contribution in [0.4, 0.5) is 0 Å². The van der Waals surface area contributed by atoms with Gasteiger partial charge in [-0.05, 0) is 5.92 Å². The fraction of sp³-hybridized carbons (Fsp3) is 0.778. The van der Waals surface area contributed by atoms with E-state index in [1.807, 2.05) is 0 Å². The zero-order valence-corrected chi connectivity index (χ0v) is 12.9. The molecule has 7 N–H and O–H groups in total. The number of hydrogen-bond donors (Lipinski definition) is 4. The molecular formula is C9H22Cl2N4O2S. The van der Waals surface area contributed by atoms with Crippen molar-refractivity contribution >= 4 is 48.5 Å². The molecule has 0 bridgehead atoms. The van der Waals surface area contributed by atoms with Crippen LogP contribution >= 0.6 is 36.6 Å². The Morgan fingerprint density at radius 3 is 2.22 bits per heavy atom. The Balaban J connectivity index is -0.00000112. The van der Waals surface area contributed by atoms with E-state index in [-0.39, 0.29) is 36.7 Å². The molecule has 0 aliphatic carbocycles. The number of guanidine groups is 1. The van der Waals surface area contributed by atoms with Crippen molar-refractivity contribution in [3.05, 3.63) is 0 Å². The van der Waals surface area contributed by atoms with Crippen molar-refractivity contribution in [2.75, 3.05) is 18.1 Å². The molecule has 6 nitrogen and oxygen atoms in total. The van der Waals surface area contributed by atoms with E-state index in [0.29, 0.717) is 18.1 Å². The van der Waals surface area contributed by atoms with Gasteiger partial charge in [-0.25, -0.2) is 0 Å². The Labute approximate surface area is 124 Å². The van der Waals surface area contributed by atoms with Gasteiger partial charge in [-0.15, -0.1) is 24.8 Å². The Morgan fingerprint density at radius 2 is 1.89 bits per heavy atom. The topological polar surface area (TPSA) is 128 Å². The predicted octanol–water partition coefficient (Wildman–Crippen LogP) is 0.275. The number of nitrogens with zero attached hydrogens (tertiary/aromatic N) is 1. The normalized spacial score (nSPS) is 12.9. The second-order valence-corrected chi connectivity index (χ2v) is 4.96. The first-order valence-corrected chi connectivity index (χ1v) is 6.11. The highest BCUT2D eigenvalue weighted by molar-refractivity contribution is 7.99. The summed E-state index contributed by atoms with van der Waals surface area (Å²) >= 11 is 1.43. The molecule has 1 atom stereocenters. The number of thioether (sulfide) groups is 1. The second kappa shape index (κ2) is 10.5. The Bertz CT molecular complexity index is 275. The Morgan fingerprint density at radius 1 is 1.39 bits per heavy atom. The summed E-state index contributed by atoms with van der Waals surface area (Å²) in [6, 6.07) is 0. The molecule has 0 unspecified atom stereocenters. The molecule has 0 aromatic heterocycles. The summed E-state index contributed by atoms with van der Waals surface area (Å²) in [5, 5.41) is 9.04. The lowest BCUT2D eigenvalue weighted by Crippen LogP contribution is -2.54. The van der Waals surface area contributed by atoms with Gasteiger partial charge in [0.2, 0.25) is 0 Å². The zero-order chi connectivity index (χ0) is 12.8. The maximum Gasteiger partial charge on any atom is 0.324 e. The third-order valence-corrected chi connectivity index (χ3v) is 3.45. The summed E-state index contributed by atoms with van der Waals surface area (Å²) in [5.74, 6) is -0.0595. The standard InChI is InChI=1S/C9H20N4O2S.2ClH/c1-6(2)9(12,7(14)15)5-16-4-3-13-8(10)11;;/h6H,3-5,12H2,1-2H3,(H,14,15)(H4,10,11,13);2*1H/t9-;;/m1../s1. The lowest BCUT2D eigenvalue weighted by Gasteiger charge is -2.28. The fourth-order valence-electron chi connectivity index (χ4n) is 0.956. The van der Waals surface area contributed by atoms with Gasteiger partial charge < -0.3 is 22.3 Å². The highest BCUT2D eigenvalue weighted by atomic mass is 35.5. The van der Waals surface area contributed by atoms with E-state index in [9.17, 15) is 4.79 Å². The van der Waals surface area contributed by atoms with Crippen LogP contribution in [0.1, 0.15) is 13.8 Å². The number of hydrogen-bond acceptors (Lipinski definition) is 4. The molecule has 0 aliphatic rings. The first-order valence-electron chi connectivity index (χ1n) is 4.96. The average Bonchev–Trinajstić information content (AvgIpc) is 2.15. The molecule has 0 radical (unpaired) electrons. The molecule has 0 spiro atoms. The molecular weight excluding hydrogens is 299 g/mol. The second-order valence-electron chi connectivity index (χ2n) is 3.86. The van der Waals surface area contributed by atoms with Gasteiger partial charge in [0.1, 0.15) is 5.54 Å². The first-order chi connectivity index (χ1) is 7.30. The quantitative estimate of drug-likeness (QED) is 0.303. The van der Waals surface area contributed by atoms with Gasteiger partial charge in [-0.3, -0.25) is 9.79 Å². The van der Waals surface area contributed by atoms with Crippen LogP contribution in [0.25, 0.3) is 0 Å². The summed E-state index contributed by atoms with van der Waals surface area (Å²) in [6.45, 7) is 4.07. The van der Waals surface area contributed by atoms with Crippen LogP contribution < -0.4 is 17.2 Å². The van der Waals surface area contributed by atoms with Crippen molar-refractivity contribution < 1.29 is 9.90 Å². The third-order valence-electron chi connectivity index (χ3n) is 2.30. The van der Waals surface area contributed by atoms with Crippen molar-refractivity contribution in [1.82, 2.24) is 0 Å². The van der Waals surface area contributed by atoms with E-state index in [1.165, 1.54) is 11.8 Å². The largest absolute Gasteiger partial charge is 0.480 e. The summed E-state index contributed by atoms with van der Waals surface area (Å²) in [6.07, 6.45) is 0. The van der Waals surface area contributed by atoms with Crippen molar-refractivity contribution in [2.45, 2.75) is 19.4 Å². The molecule has 0 aromatic rings. The van der Waals surface area contributed by atoms with Crippen LogP contribution in [0, 0.1) is 5.92 Å². The minimum atomic E-state index is -1.19. The molecule has 0 amide bonds. The van der Waals surface area contributed by atoms with Crippen LogP contribution in [0.2, 0.25) is 0 Å². The monoisotopic (exact) mass is 320 g/mol. The van der Waals surface area contributed by atoms with Gasteiger partial charge in [0.05, 0.1) is 6.54 Å². The van der Waals surface area contributed by atoms with Crippen LogP contribution in [0.3, 0.4) is 0 Å². The van der Waals surface area contributed by atoms with Crippen LogP contribution in [-0.4, -0.2) is 40.6 Å². The average molecular weight is 321 g/mol. The molecule has 9 heteroatoms. The molecule has 18 heavy (non-hydrogen) atoms. The van der Waals surface area contributed by atoms with Gasteiger partial charge >= 0.3 is 5.97 Å². The summed E-state index contributed by atoms with van der Waals surface area (Å²) in [4.78, 5) is 14.8. The van der Waals surface area contributed by atoms with Crippen molar-refractivity contribution in [2.24, 2.45) is 28.1 Å². The van der Waals surface area contributed by atoms with Crippen LogP contribution in [0.5, 0.6) is 0 Å². The highest BCUT2D eigenvalue weighted by Crippen LogP contribution is 2.20. The number of carbonyl (C=O) groups is 1. The van der Waals surface area contributed by atoms with E-state index in [2.05, 4.69) is 4.99 Å². The maximum atomic E-state index is 11.0. The number of halogens is 2. The summed E-state index contributed by atoms with van der Waals surface area (Å²) in [7, 11) is 0. The molecule has 110 valence electrons. The van der Waals surface area contributed by atoms with Gasteiger partial charge in [-0.1, -0.05) is 13.8 Å². The van der Waals surface area contributed by atoms with E-state index in [1.54, 1.807) is 13.8 Å². The molecule has 0 aliphatic heterocycles. The number of carboxylic acids is 1. The lowest BCUT2D eigenvalue weighted by atomic mass is 9.90. The van der Waals surface area contributed by atoms with E-state index < -0.39 is 11.5 Å². The highest BCUT2D eigenvalue weighted by Gasteiger charge is 2.37. The van der Waals surface area contributed by atoms with Crippen LogP contribution in [0.15, 0.2) is 4.99 Å². The minimum absolute atomic E-state index is 0. The molecule has 0 rings (SSSR count). The summed E-state index contributed by atoms with van der Waals surface area (Å²) < 4.78 is 0. The fourth-order valence-corrected chi connectivity index (χ4v) is 2.11. The maximum absolute atomic E-state index is 11.0. The molecule has 0 saturated carbocycles. The van der Waals surface area contributed by atoms with Gasteiger partial charge in [-0.2, -0.15) is 11.8 Å². The molecule has 0 saturated heterocycles. The molecule has 0 fully saturated rings. The molecule has 0 aromatic carbocycles. The van der Waals surface area contributed by atoms with Gasteiger partial charge in [0.15, 0.2) is 5.96 Å². The summed E-state index contributed by atoms with van der Waals surface area (Å²) in [5.41, 5.74) is 14.9. The predicted molar refractivity (Wildman–Crippen MR) is 81.9 cm³/mol. The Kier molecular flexibility index (Phi) is 13.3. The first kappa shape index (κ1) is 22.8. The van der Waals surface area contributed by atoms with E-state index in [4.69, 9.17) is 22.3 Å². The van der Waals surface area contributed by atoms with E-state index >= 15 is 0 Å². The smallest absolute Gasteiger partial charge is 0.324 e. The minimum Gasteiger partial charge on any atom is -0.480 e. The third kappa shape index (κ3) is 7.86. The van der Waals surface area contributed by atoms with Crippen molar-refractivity contribution in [3.63, 3.8) is 0 Å². The van der Waals surface area contributed by atoms with Gasteiger partial charge in [0, 0.05) is 11.5 Å². The zero-order valence-electron chi connectivity index (χ0n) is 10.5. The lowest BCUT2D eigenvalue weighted by molar-refractivity contribution is -0.144. The number of nitrogens with two attached hydrogens (primary N) is 3. The number of carboxylic acid groups (broad SMARTS) is 1.